The lowest BCUT2D eigenvalue weighted by Crippen LogP contribution is -2.46. The Morgan fingerprint density at radius 1 is 1.27 bits per heavy atom. The second-order valence-corrected chi connectivity index (χ2v) is 6.76. The van der Waals surface area contributed by atoms with Crippen molar-refractivity contribution in [1.29, 1.82) is 0 Å². The van der Waals surface area contributed by atoms with Crippen LogP contribution in [0.15, 0.2) is 24.3 Å². The third kappa shape index (κ3) is 3.62. The van der Waals surface area contributed by atoms with Crippen molar-refractivity contribution in [2.75, 3.05) is 19.7 Å². The summed E-state index contributed by atoms with van der Waals surface area (Å²) in [5.41, 5.74) is 7.09. The molecule has 1 aromatic carbocycles. The SMILES string of the molecule is NC1CCCC(C(=O)N2CCOC(c3ccc(Cl)cc3)C2)C1. The minimum absolute atomic E-state index is 0.0627. The highest BCUT2D eigenvalue weighted by Crippen LogP contribution is 2.28. The molecule has 0 radical (unpaired) electrons. The molecule has 0 aromatic heterocycles. The van der Waals surface area contributed by atoms with Gasteiger partial charge in [-0.1, -0.05) is 30.2 Å². The van der Waals surface area contributed by atoms with E-state index in [1.807, 2.05) is 29.2 Å². The van der Waals surface area contributed by atoms with Crippen molar-refractivity contribution in [2.24, 2.45) is 11.7 Å². The number of amides is 1. The van der Waals surface area contributed by atoms with Crippen LogP contribution in [0.25, 0.3) is 0 Å². The van der Waals surface area contributed by atoms with Gasteiger partial charge < -0.3 is 15.4 Å². The number of benzene rings is 1. The Kier molecular flexibility index (Phi) is 5.01. The van der Waals surface area contributed by atoms with Crippen LogP contribution in [-0.4, -0.2) is 36.5 Å². The molecule has 3 atom stereocenters. The quantitative estimate of drug-likeness (QED) is 0.911. The van der Waals surface area contributed by atoms with Gasteiger partial charge in [0.25, 0.3) is 0 Å². The summed E-state index contributed by atoms with van der Waals surface area (Å²) in [6.45, 7) is 1.87. The molecule has 5 heteroatoms. The van der Waals surface area contributed by atoms with Crippen LogP contribution < -0.4 is 5.73 Å². The number of hydrogen-bond donors (Lipinski definition) is 1. The standard InChI is InChI=1S/C17H23ClN2O2/c18-14-6-4-12(5-7-14)16-11-20(8-9-22-16)17(21)13-2-1-3-15(19)10-13/h4-7,13,15-16H,1-3,8-11,19H2. The van der Waals surface area contributed by atoms with Gasteiger partial charge in [0, 0.05) is 23.5 Å². The van der Waals surface area contributed by atoms with Crippen LogP contribution in [0.3, 0.4) is 0 Å². The van der Waals surface area contributed by atoms with Gasteiger partial charge in [-0.15, -0.1) is 0 Å². The van der Waals surface area contributed by atoms with Gasteiger partial charge in [0.1, 0.15) is 6.10 Å². The molecule has 1 amide bonds. The van der Waals surface area contributed by atoms with Crippen molar-refractivity contribution in [3.63, 3.8) is 0 Å². The van der Waals surface area contributed by atoms with E-state index in [1.165, 1.54) is 0 Å². The summed E-state index contributed by atoms with van der Waals surface area (Å²) < 4.78 is 5.83. The lowest BCUT2D eigenvalue weighted by Gasteiger charge is -2.37. The normalized spacial score (nSPS) is 29.4. The van der Waals surface area contributed by atoms with Crippen molar-refractivity contribution in [1.82, 2.24) is 4.90 Å². The Bertz CT molecular complexity index is 520. The molecule has 1 heterocycles. The molecule has 1 saturated carbocycles. The van der Waals surface area contributed by atoms with Crippen LogP contribution in [0, 0.1) is 5.92 Å². The summed E-state index contributed by atoms with van der Waals surface area (Å²) in [4.78, 5) is 14.7. The summed E-state index contributed by atoms with van der Waals surface area (Å²) in [7, 11) is 0. The van der Waals surface area contributed by atoms with Gasteiger partial charge in [-0.25, -0.2) is 0 Å². The molecule has 2 fully saturated rings. The maximum absolute atomic E-state index is 12.7. The first-order chi connectivity index (χ1) is 10.6. The smallest absolute Gasteiger partial charge is 0.225 e. The van der Waals surface area contributed by atoms with Crippen LogP contribution in [0.5, 0.6) is 0 Å². The number of morpholine rings is 1. The van der Waals surface area contributed by atoms with E-state index in [9.17, 15) is 4.79 Å². The number of rotatable bonds is 2. The monoisotopic (exact) mass is 322 g/mol. The van der Waals surface area contributed by atoms with Crippen molar-refractivity contribution >= 4 is 17.5 Å². The summed E-state index contributed by atoms with van der Waals surface area (Å²) in [6, 6.07) is 7.84. The third-order valence-electron chi connectivity index (χ3n) is 4.68. The molecule has 1 aliphatic carbocycles. The van der Waals surface area contributed by atoms with Crippen LogP contribution in [-0.2, 0) is 9.53 Å². The molecule has 0 spiro atoms. The van der Waals surface area contributed by atoms with E-state index < -0.39 is 0 Å². The van der Waals surface area contributed by atoms with Gasteiger partial charge >= 0.3 is 0 Å². The maximum atomic E-state index is 12.7. The molecular weight excluding hydrogens is 300 g/mol. The fraction of sp³-hybridized carbons (Fsp3) is 0.588. The van der Waals surface area contributed by atoms with Gasteiger partial charge in [-0.2, -0.15) is 0 Å². The van der Waals surface area contributed by atoms with E-state index in [4.69, 9.17) is 22.1 Å². The first-order valence-electron chi connectivity index (χ1n) is 8.05. The summed E-state index contributed by atoms with van der Waals surface area (Å²) in [5, 5.41) is 0.712. The Morgan fingerprint density at radius 2 is 2.05 bits per heavy atom. The van der Waals surface area contributed by atoms with Crippen LogP contribution >= 0.6 is 11.6 Å². The van der Waals surface area contributed by atoms with Gasteiger partial charge in [0.2, 0.25) is 5.91 Å². The van der Waals surface area contributed by atoms with Gasteiger partial charge in [-0.05, 0) is 37.0 Å². The highest BCUT2D eigenvalue weighted by atomic mass is 35.5. The van der Waals surface area contributed by atoms with Crippen molar-refractivity contribution in [3.8, 4) is 0 Å². The van der Waals surface area contributed by atoms with E-state index in [0.717, 1.165) is 31.2 Å². The molecule has 1 saturated heterocycles. The van der Waals surface area contributed by atoms with Gasteiger partial charge in [0.15, 0.2) is 0 Å². The molecule has 1 aromatic rings. The van der Waals surface area contributed by atoms with Crippen LogP contribution in [0.1, 0.15) is 37.4 Å². The number of hydrogen-bond acceptors (Lipinski definition) is 3. The largest absolute Gasteiger partial charge is 0.370 e. The summed E-state index contributed by atoms with van der Waals surface area (Å²) in [5.74, 6) is 0.338. The van der Waals surface area contributed by atoms with Gasteiger partial charge in [-0.3, -0.25) is 4.79 Å². The van der Waals surface area contributed by atoms with E-state index >= 15 is 0 Å². The van der Waals surface area contributed by atoms with Crippen LogP contribution in [0.2, 0.25) is 5.02 Å². The Morgan fingerprint density at radius 3 is 2.77 bits per heavy atom. The maximum Gasteiger partial charge on any atom is 0.225 e. The highest BCUT2D eigenvalue weighted by Gasteiger charge is 2.32. The molecule has 3 rings (SSSR count). The summed E-state index contributed by atoms with van der Waals surface area (Å²) >= 11 is 5.93. The molecule has 0 bridgehead atoms. The van der Waals surface area contributed by atoms with Crippen LogP contribution in [0.4, 0.5) is 0 Å². The number of halogens is 1. The zero-order valence-electron chi connectivity index (χ0n) is 12.7. The minimum atomic E-state index is -0.0627. The topological polar surface area (TPSA) is 55.6 Å². The first kappa shape index (κ1) is 15.8. The fourth-order valence-electron chi connectivity index (χ4n) is 3.44. The predicted octanol–water partition coefficient (Wildman–Crippen LogP) is 2.76. The molecule has 22 heavy (non-hydrogen) atoms. The number of carbonyl (C=O) groups is 1. The lowest BCUT2D eigenvalue weighted by molar-refractivity contribution is -0.144. The second kappa shape index (κ2) is 6.99. The average Bonchev–Trinajstić information content (AvgIpc) is 2.55. The Hall–Kier alpha value is -1.10. The molecule has 1 aliphatic heterocycles. The average molecular weight is 323 g/mol. The van der Waals surface area contributed by atoms with E-state index in [2.05, 4.69) is 0 Å². The minimum Gasteiger partial charge on any atom is -0.370 e. The van der Waals surface area contributed by atoms with Gasteiger partial charge in [0.05, 0.1) is 13.2 Å². The number of nitrogens with zero attached hydrogens (tertiary/aromatic N) is 1. The van der Waals surface area contributed by atoms with E-state index in [-0.39, 0.29) is 24.0 Å². The molecular formula is C17H23ClN2O2. The van der Waals surface area contributed by atoms with Crippen molar-refractivity contribution in [2.45, 2.75) is 37.8 Å². The highest BCUT2D eigenvalue weighted by molar-refractivity contribution is 6.30. The lowest BCUT2D eigenvalue weighted by atomic mass is 9.85. The molecule has 120 valence electrons. The number of carbonyl (C=O) groups excluding carboxylic acids is 1. The third-order valence-corrected chi connectivity index (χ3v) is 4.94. The van der Waals surface area contributed by atoms with E-state index in [1.54, 1.807) is 0 Å². The zero-order valence-corrected chi connectivity index (χ0v) is 13.5. The Balaban J connectivity index is 1.64. The second-order valence-electron chi connectivity index (χ2n) is 6.32. The van der Waals surface area contributed by atoms with Crippen molar-refractivity contribution < 1.29 is 9.53 Å². The molecule has 2 N–H and O–H groups in total. The number of ether oxygens (including phenoxy) is 1. The molecule has 3 unspecified atom stereocenters. The van der Waals surface area contributed by atoms with E-state index in [0.29, 0.717) is 24.7 Å². The van der Waals surface area contributed by atoms with Crippen molar-refractivity contribution in [3.05, 3.63) is 34.9 Å². The summed E-state index contributed by atoms with van der Waals surface area (Å²) in [6.07, 6.45) is 3.83. The zero-order chi connectivity index (χ0) is 15.5. The Labute approximate surface area is 136 Å². The molecule has 4 nitrogen and oxygen atoms in total. The fourth-order valence-corrected chi connectivity index (χ4v) is 3.56. The molecule has 2 aliphatic rings. The first-order valence-corrected chi connectivity index (χ1v) is 8.42. The number of nitrogens with two attached hydrogens (primary N) is 1. The predicted molar refractivity (Wildman–Crippen MR) is 86.7 cm³/mol.